The van der Waals surface area contributed by atoms with Gasteiger partial charge in [0.1, 0.15) is 0 Å². The summed E-state index contributed by atoms with van der Waals surface area (Å²) >= 11 is 1.77. The lowest BCUT2D eigenvalue weighted by Crippen LogP contribution is -2.34. The Morgan fingerprint density at radius 2 is 2.47 bits per heavy atom. The third-order valence-corrected chi connectivity index (χ3v) is 3.80. The summed E-state index contributed by atoms with van der Waals surface area (Å²) in [5, 5.41) is 8.03. The normalized spacial score (nSPS) is 17.4. The standard InChI is InChI=1S/C14H21NOS/c1-2-6-15-14(9-12-5-8-17-11-12)13-4-3-7-16-10-13/h5,8,10-11,14-15H,2-4,6-7,9H2,1H3. The molecular formula is C14H21NOS. The van der Waals surface area contributed by atoms with Gasteiger partial charge < -0.3 is 10.1 Å². The topological polar surface area (TPSA) is 21.3 Å². The van der Waals surface area contributed by atoms with Gasteiger partial charge in [0.2, 0.25) is 0 Å². The van der Waals surface area contributed by atoms with E-state index in [0.29, 0.717) is 6.04 Å². The van der Waals surface area contributed by atoms with Crippen molar-refractivity contribution in [3.63, 3.8) is 0 Å². The van der Waals surface area contributed by atoms with Crippen molar-refractivity contribution < 1.29 is 4.74 Å². The minimum atomic E-state index is 0.449. The van der Waals surface area contributed by atoms with Crippen molar-refractivity contribution in [1.82, 2.24) is 5.32 Å². The molecule has 1 aromatic heterocycles. The lowest BCUT2D eigenvalue weighted by atomic mass is 9.97. The Morgan fingerprint density at radius 3 is 3.12 bits per heavy atom. The highest BCUT2D eigenvalue weighted by Crippen LogP contribution is 2.20. The van der Waals surface area contributed by atoms with Crippen molar-refractivity contribution in [2.24, 2.45) is 0 Å². The molecule has 1 aliphatic rings. The Kier molecular flexibility index (Phi) is 5.08. The first-order chi connectivity index (χ1) is 8.40. The number of hydrogen-bond acceptors (Lipinski definition) is 3. The Hall–Kier alpha value is -0.800. The maximum Gasteiger partial charge on any atom is 0.0876 e. The molecule has 0 fully saturated rings. The van der Waals surface area contributed by atoms with Crippen LogP contribution in [0.25, 0.3) is 0 Å². The van der Waals surface area contributed by atoms with Crippen LogP contribution in [0.15, 0.2) is 28.7 Å². The lowest BCUT2D eigenvalue weighted by Gasteiger charge is -2.24. The second-order valence-corrected chi connectivity index (χ2v) is 5.29. The van der Waals surface area contributed by atoms with Gasteiger partial charge in [-0.15, -0.1) is 0 Å². The molecule has 94 valence electrons. The molecule has 0 aliphatic carbocycles. The highest BCUT2D eigenvalue weighted by Gasteiger charge is 2.17. The molecule has 0 radical (unpaired) electrons. The van der Waals surface area contributed by atoms with E-state index in [0.717, 1.165) is 26.0 Å². The van der Waals surface area contributed by atoms with Crippen molar-refractivity contribution >= 4 is 11.3 Å². The van der Waals surface area contributed by atoms with E-state index in [-0.39, 0.29) is 0 Å². The van der Waals surface area contributed by atoms with Crippen LogP contribution in [0.1, 0.15) is 31.7 Å². The maximum absolute atomic E-state index is 5.46. The zero-order valence-corrected chi connectivity index (χ0v) is 11.3. The fraction of sp³-hybridized carbons (Fsp3) is 0.571. The molecule has 1 N–H and O–H groups in total. The SMILES string of the molecule is CCCNC(Cc1ccsc1)C1=COCCC1. The van der Waals surface area contributed by atoms with Gasteiger partial charge >= 0.3 is 0 Å². The molecule has 1 aromatic rings. The monoisotopic (exact) mass is 251 g/mol. The van der Waals surface area contributed by atoms with E-state index in [1.807, 2.05) is 6.26 Å². The van der Waals surface area contributed by atoms with Gasteiger partial charge in [-0.25, -0.2) is 0 Å². The van der Waals surface area contributed by atoms with Gasteiger partial charge in [-0.3, -0.25) is 0 Å². The second kappa shape index (κ2) is 6.82. The van der Waals surface area contributed by atoms with Gasteiger partial charge in [0.25, 0.3) is 0 Å². The van der Waals surface area contributed by atoms with Crippen LogP contribution in [-0.2, 0) is 11.2 Å². The summed E-state index contributed by atoms with van der Waals surface area (Å²) in [4.78, 5) is 0. The highest BCUT2D eigenvalue weighted by atomic mass is 32.1. The number of nitrogens with one attached hydrogen (secondary N) is 1. The fourth-order valence-corrected chi connectivity index (χ4v) is 2.82. The molecule has 0 amide bonds. The summed E-state index contributed by atoms with van der Waals surface area (Å²) in [6.45, 7) is 4.16. The summed E-state index contributed by atoms with van der Waals surface area (Å²) in [5.41, 5.74) is 2.85. The largest absolute Gasteiger partial charge is 0.501 e. The van der Waals surface area contributed by atoms with Gasteiger partial charge in [-0.2, -0.15) is 11.3 Å². The van der Waals surface area contributed by atoms with Crippen LogP contribution in [-0.4, -0.2) is 19.2 Å². The summed E-state index contributed by atoms with van der Waals surface area (Å²) in [6.07, 6.45) is 6.56. The third kappa shape index (κ3) is 3.86. The first kappa shape index (κ1) is 12.7. The van der Waals surface area contributed by atoms with Crippen molar-refractivity contribution in [2.75, 3.05) is 13.2 Å². The van der Waals surface area contributed by atoms with E-state index < -0.39 is 0 Å². The van der Waals surface area contributed by atoms with Crippen molar-refractivity contribution in [1.29, 1.82) is 0 Å². The van der Waals surface area contributed by atoms with Gasteiger partial charge in [0.15, 0.2) is 0 Å². The summed E-state index contributed by atoms with van der Waals surface area (Å²) < 4.78 is 5.46. The molecule has 2 nitrogen and oxygen atoms in total. The van der Waals surface area contributed by atoms with E-state index in [2.05, 4.69) is 29.1 Å². The van der Waals surface area contributed by atoms with Crippen LogP contribution in [0.5, 0.6) is 0 Å². The first-order valence-electron chi connectivity index (χ1n) is 6.45. The van der Waals surface area contributed by atoms with Crippen molar-refractivity contribution in [3.05, 3.63) is 34.2 Å². The Bertz CT molecular complexity index is 345. The number of hydrogen-bond donors (Lipinski definition) is 1. The number of rotatable bonds is 6. The van der Waals surface area contributed by atoms with Crippen molar-refractivity contribution in [2.45, 2.75) is 38.6 Å². The average molecular weight is 251 g/mol. The minimum absolute atomic E-state index is 0.449. The molecule has 0 bridgehead atoms. The summed E-state index contributed by atoms with van der Waals surface area (Å²) in [7, 11) is 0. The fourth-order valence-electron chi connectivity index (χ4n) is 2.14. The van der Waals surface area contributed by atoms with E-state index in [1.54, 1.807) is 11.3 Å². The van der Waals surface area contributed by atoms with Crippen LogP contribution in [0, 0.1) is 0 Å². The van der Waals surface area contributed by atoms with Crippen LogP contribution in [0.3, 0.4) is 0 Å². The molecular weight excluding hydrogens is 230 g/mol. The van der Waals surface area contributed by atoms with E-state index in [9.17, 15) is 0 Å². The van der Waals surface area contributed by atoms with Gasteiger partial charge in [0.05, 0.1) is 12.9 Å². The second-order valence-electron chi connectivity index (χ2n) is 4.51. The molecule has 1 atom stereocenters. The molecule has 3 heteroatoms. The Balaban J connectivity index is 1.99. The first-order valence-corrected chi connectivity index (χ1v) is 7.39. The summed E-state index contributed by atoms with van der Waals surface area (Å²) in [5.74, 6) is 0. The molecule has 1 aliphatic heterocycles. The Morgan fingerprint density at radius 1 is 1.53 bits per heavy atom. The zero-order chi connectivity index (χ0) is 11.9. The number of ether oxygens (including phenoxy) is 1. The molecule has 2 heterocycles. The van der Waals surface area contributed by atoms with Crippen LogP contribution in [0.2, 0.25) is 0 Å². The quantitative estimate of drug-likeness (QED) is 0.837. The van der Waals surface area contributed by atoms with Crippen LogP contribution in [0.4, 0.5) is 0 Å². The predicted molar refractivity (Wildman–Crippen MR) is 73.4 cm³/mol. The smallest absolute Gasteiger partial charge is 0.0876 e. The van der Waals surface area contributed by atoms with Gasteiger partial charge in [-0.05, 0) is 60.2 Å². The van der Waals surface area contributed by atoms with Gasteiger partial charge in [-0.1, -0.05) is 6.92 Å². The van der Waals surface area contributed by atoms with Crippen LogP contribution < -0.4 is 5.32 Å². The number of thiophene rings is 1. The Labute approximate surface area is 108 Å². The molecule has 17 heavy (non-hydrogen) atoms. The van der Waals surface area contributed by atoms with Crippen molar-refractivity contribution in [3.8, 4) is 0 Å². The highest BCUT2D eigenvalue weighted by molar-refractivity contribution is 7.07. The zero-order valence-electron chi connectivity index (χ0n) is 10.4. The van der Waals surface area contributed by atoms with Gasteiger partial charge in [0, 0.05) is 6.04 Å². The average Bonchev–Trinajstić information content (AvgIpc) is 2.88. The summed E-state index contributed by atoms with van der Waals surface area (Å²) in [6, 6.07) is 2.67. The van der Waals surface area contributed by atoms with E-state index >= 15 is 0 Å². The molecule has 0 aromatic carbocycles. The predicted octanol–water partition coefficient (Wildman–Crippen LogP) is 3.35. The van der Waals surface area contributed by atoms with E-state index in [4.69, 9.17) is 4.74 Å². The molecule has 1 unspecified atom stereocenters. The maximum atomic E-state index is 5.46. The lowest BCUT2D eigenvalue weighted by molar-refractivity contribution is 0.219. The molecule has 0 saturated carbocycles. The molecule has 0 spiro atoms. The molecule has 0 saturated heterocycles. The van der Waals surface area contributed by atoms with Crippen LogP contribution >= 0.6 is 11.3 Å². The minimum Gasteiger partial charge on any atom is -0.501 e. The van der Waals surface area contributed by atoms with E-state index in [1.165, 1.54) is 24.0 Å². The third-order valence-electron chi connectivity index (χ3n) is 3.07. The molecule has 2 rings (SSSR count).